The molecule has 0 aromatic heterocycles. The van der Waals surface area contributed by atoms with Gasteiger partial charge in [0, 0.05) is 0 Å². The smallest absolute Gasteiger partial charge is 0.0872 e. The van der Waals surface area contributed by atoms with Gasteiger partial charge in [0.25, 0.3) is 0 Å². The third kappa shape index (κ3) is 1.72. The maximum Gasteiger partial charge on any atom is 0.0872 e. The number of hydrogen-bond acceptors (Lipinski definition) is 1. The molecule has 0 aromatic carbocycles. The van der Waals surface area contributed by atoms with Crippen molar-refractivity contribution in [3.63, 3.8) is 0 Å². The van der Waals surface area contributed by atoms with Gasteiger partial charge in [-0.1, -0.05) is 32.1 Å². The van der Waals surface area contributed by atoms with Crippen LogP contribution in [-0.4, -0.2) is 12.2 Å². The van der Waals surface area contributed by atoms with Gasteiger partial charge in [-0.2, -0.15) is 0 Å². The number of epoxide rings is 1. The third-order valence-electron chi connectivity index (χ3n) is 5.77. The average molecular weight is 220 g/mol. The molecule has 4 fully saturated rings. The molecule has 16 heavy (non-hydrogen) atoms. The van der Waals surface area contributed by atoms with E-state index in [4.69, 9.17) is 4.74 Å². The highest BCUT2D eigenvalue weighted by molar-refractivity contribution is 5.02. The lowest BCUT2D eigenvalue weighted by molar-refractivity contribution is 0.180. The van der Waals surface area contributed by atoms with Gasteiger partial charge in [0.05, 0.1) is 12.2 Å². The maximum absolute atomic E-state index is 5.76. The van der Waals surface area contributed by atoms with Gasteiger partial charge in [-0.05, 0) is 49.4 Å². The van der Waals surface area contributed by atoms with Crippen LogP contribution in [0, 0.1) is 23.7 Å². The first-order valence-corrected chi connectivity index (χ1v) is 7.57. The highest BCUT2D eigenvalue weighted by Crippen LogP contribution is 2.52. The molecule has 1 heteroatoms. The van der Waals surface area contributed by atoms with Gasteiger partial charge >= 0.3 is 0 Å². The number of fused-ring (bicyclic) bond motifs is 4. The molecule has 0 bridgehead atoms. The van der Waals surface area contributed by atoms with E-state index in [0.717, 1.165) is 23.7 Å². The van der Waals surface area contributed by atoms with Gasteiger partial charge in [0.1, 0.15) is 0 Å². The van der Waals surface area contributed by atoms with Crippen molar-refractivity contribution < 1.29 is 4.74 Å². The molecule has 0 amide bonds. The summed E-state index contributed by atoms with van der Waals surface area (Å²) in [6.07, 6.45) is 15.0. The molecule has 3 aliphatic carbocycles. The van der Waals surface area contributed by atoms with Crippen LogP contribution >= 0.6 is 0 Å². The largest absolute Gasteiger partial charge is 0.369 e. The lowest BCUT2D eigenvalue weighted by atomic mass is 9.86. The number of ether oxygens (including phenoxy) is 1. The lowest BCUT2D eigenvalue weighted by Crippen LogP contribution is -2.15. The predicted octanol–water partition coefficient (Wildman–Crippen LogP) is 3.77. The van der Waals surface area contributed by atoms with E-state index < -0.39 is 0 Å². The summed E-state index contributed by atoms with van der Waals surface area (Å²) >= 11 is 0. The fourth-order valence-corrected chi connectivity index (χ4v) is 4.64. The van der Waals surface area contributed by atoms with Gasteiger partial charge in [0.2, 0.25) is 0 Å². The van der Waals surface area contributed by atoms with E-state index in [2.05, 4.69) is 0 Å². The van der Waals surface area contributed by atoms with Crippen LogP contribution in [0.25, 0.3) is 0 Å². The van der Waals surface area contributed by atoms with Crippen LogP contribution in [-0.2, 0) is 4.74 Å². The molecule has 6 unspecified atom stereocenters. The molecular weight excluding hydrogens is 196 g/mol. The summed E-state index contributed by atoms with van der Waals surface area (Å²) < 4.78 is 5.76. The highest BCUT2D eigenvalue weighted by atomic mass is 16.6. The first-order valence-electron chi connectivity index (χ1n) is 7.57. The zero-order chi connectivity index (χ0) is 10.5. The molecule has 4 rings (SSSR count). The van der Waals surface area contributed by atoms with Crippen LogP contribution in [0.5, 0.6) is 0 Å². The molecule has 4 aliphatic rings. The summed E-state index contributed by atoms with van der Waals surface area (Å²) in [6.45, 7) is 0. The summed E-state index contributed by atoms with van der Waals surface area (Å²) in [6, 6.07) is 0. The topological polar surface area (TPSA) is 12.5 Å². The quantitative estimate of drug-likeness (QED) is 0.566. The monoisotopic (exact) mass is 220 g/mol. The second-order valence-electron chi connectivity index (χ2n) is 6.77. The molecule has 0 spiro atoms. The zero-order valence-corrected chi connectivity index (χ0v) is 10.2. The van der Waals surface area contributed by atoms with Gasteiger partial charge in [-0.15, -0.1) is 0 Å². The standard InChI is InChI=1S/C15H24O/c1-2-5-12-9-14-15(16-14)13(12)7-3-6-11-8-10(11)4-1/h10-15H,1-9H2. The summed E-state index contributed by atoms with van der Waals surface area (Å²) in [5, 5.41) is 0. The van der Waals surface area contributed by atoms with E-state index in [-0.39, 0.29) is 0 Å². The Labute approximate surface area is 98.9 Å². The van der Waals surface area contributed by atoms with Gasteiger partial charge < -0.3 is 4.74 Å². The van der Waals surface area contributed by atoms with E-state index >= 15 is 0 Å². The van der Waals surface area contributed by atoms with Crippen LogP contribution < -0.4 is 0 Å². The minimum atomic E-state index is 0.701. The average Bonchev–Trinajstić information content (AvgIpc) is 3.15. The van der Waals surface area contributed by atoms with Crippen molar-refractivity contribution in [3.05, 3.63) is 0 Å². The second kappa shape index (κ2) is 3.73. The van der Waals surface area contributed by atoms with Crippen LogP contribution in [0.4, 0.5) is 0 Å². The van der Waals surface area contributed by atoms with Crippen molar-refractivity contribution in [2.75, 3.05) is 0 Å². The molecule has 3 saturated carbocycles. The highest BCUT2D eigenvalue weighted by Gasteiger charge is 2.54. The third-order valence-corrected chi connectivity index (χ3v) is 5.77. The Morgan fingerprint density at radius 2 is 1.44 bits per heavy atom. The summed E-state index contributed by atoms with van der Waals surface area (Å²) in [4.78, 5) is 0. The molecule has 1 heterocycles. The normalized spacial score (nSPS) is 55.5. The van der Waals surface area contributed by atoms with Crippen LogP contribution in [0.15, 0.2) is 0 Å². The molecule has 90 valence electrons. The van der Waals surface area contributed by atoms with Crippen molar-refractivity contribution in [1.29, 1.82) is 0 Å². The number of rotatable bonds is 0. The Kier molecular flexibility index (Phi) is 2.32. The first-order chi connectivity index (χ1) is 7.92. The molecule has 0 radical (unpaired) electrons. The van der Waals surface area contributed by atoms with Crippen molar-refractivity contribution in [2.24, 2.45) is 23.7 Å². The van der Waals surface area contributed by atoms with E-state index in [9.17, 15) is 0 Å². The van der Waals surface area contributed by atoms with Crippen LogP contribution in [0.3, 0.4) is 0 Å². The summed E-state index contributed by atoms with van der Waals surface area (Å²) in [7, 11) is 0. The summed E-state index contributed by atoms with van der Waals surface area (Å²) in [5.74, 6) is 4.27. The van der Waals surface area contributed by atoms with E-state index in [1.54, 1.807) is 12.8 Å². The maximum atomic E-state index is 5.76. The molecule has 1 saturated heterocycles. The van der Waals surface area contributed by atoms with Crippen molar-refractivity contribution in [2.45, 2.75) is 70.0 Å². The first kappa shape index (κ1) is 9.94. The Morgan fingerprint density at radius 1 is 0.688 bits per heavy atom. The predicted molar refractivity (Wildman–Crippen MR) is 64.2 cm³/mol. The van der Waals surface area contributed by atoms with Crippen molar-refractivity contribution in [3.8, 4) is 0 Å². The Hall–Kier alpha value is -0.0400. The van der Waals surface area contributed by atoms with E-state index in [1.165, 1.54) is 44.9 Å². The minimum Gasteiger partial charge on any atom is -0.369 e. The van der Waals surface area contributed by atoms with Crippen molar-refractivity contribution in [1.82, 2.24) is 0 Å². The fourth-order valence-electron chi connectivity index (χ4n) is 4.64. The van der Waals surface area contributed by atoms with E-state index in [1.807, 2.05) is 0 Å². The second-order valence-corrected chi connectivity index (χ2v) is 6.77. The van der Waals surface area contributed by atoms with Crippen LogP contribution in [0.1, 0.15) is 57.8 Å². The van der Waals surface area contributed by atoms with Gasteiger partial charge in [-0.3, -0.25) is 0 Å². The molecule has 6 atom stereocenters. The minimum absolute atomic E-state index is 0.701. The number of hydrogen-bond donors (Lipinski definition) is 0. The van der Waals surface area contributed by atoms with Gasteiger partial charge in [-0.25, -0.2) is 0 Å². The molecule has 1 nitrogen and oxygen atoms in total. The molecular formula is C15H24O. The fraction of sp³-hybridized carbons (Fsp3) is 1.00. The Morgan fingerprint density at radius 3 is 2.31 bits per heavy atom. The molecule has 1 aliphatic heterocycles. The zero-order valence-electron chi connectivity index (χ0n) is 10.2. The summed E-state index contributed by atoms with van der Waals surface area (Å²) in [5.41, 5.74) is 0. The Bertz CT molecular complexity index is 275. The Balaban J connectivity index is 1.41. The van der Waals surface area contributed by atoms with Crippen molar-refractivity contribution >= 4 is 0 Å². The molecule has 0 N–H and O–H groups in total. The van der Waals surface area contributed by atoms with E-state index in [0.29, 0.717) is 12.2 Å². The SMILES string of the molecule is C1CCC2CC3OC3C2CCCC2CC2C1. The van der Waals surface area contributed by atoms with Crippen LogP contribution in [0.2, 0.25) is 0 Å². The lowest BCUT2D eigenvalue weighted by Gasteiger charge is -2.21. The molecule has 0 aromatic rings. The van der Waals surface area contributed by atoms with Gasteiger partial charge in [0.15, 0.2) is 0 Å².